The third kappa shape index (κ3) is 11.4. The van der Waals surface area contributed by atoms with Gasteiger partial charge in [-0.3, -0.25) is 9.59 Å². The fourth-order valence-electron chi connectivity index (χ4n) is 5.14. The minimum Gasteiger partial charge on any atom is -0.508 e. The summed E-state index contributed by atoms with van der Waals surface area (Å²) in [5.74, 6) is -1.70. The zero-order valence-corrected chi connectivity index (χ0v) is 29.4. The predicted molar refractivity (Wildman–Crippen MR) is 184 cm³/mol. The van der Waals surface area contributed by atoms with Crippen LogP contribution in [-0.2, 0) is 36.7 Å². The lowest BCUT2D eigenvalue weighted by Crippen LogP contribution is -2.54. The molecule has 0 spiro atoms. The monoisotopic (exact) mass is 659 g/mol. The SMILES string of the molecule is Cc1ccc(C)c(C(C(=O)NC(Cc2ccccc2)C(=O)OC(C)(C)C)N(C)C(=O)C(Cc2ccc(O)cc2)NC(=O)OC(C)(C)C)c1. The second-order valence-electron chi connectivity index (χ2n) is 14.1. The van der Waals surface area contributed by atoms with E-state index < -0.39 is 53.2 Å². The number of carbonyl (C=O) groups excluding carboxylic acids is 4. The fourth-order valence-corrected chi connectivity index (χ4v) is 5.14. The average molecular weight is 660 g/mol. The van der Waals surface area contributed by atoms with Crippen LogP contribution in [0.3, 0.4) is 0 Å². The van der Waals surface area contributed by atoms with E-state index in [9.17, 15) is 24.3 Å². The number of aryl methyl sites for hydroxylation is 2. The largest absolute Gasteiger partial charge is 0.508 e. The third-order valence-corrected chi connectivity index (χ3v) is 7.37. The van der Waals surface area contributed by atoms with Gasteiger partial charge in [0.05, 0.1) is 0 Å². The zero-order chi connectivity index (χ0) is 35.8. The maximum absolute atomic E-state index is 14.4. The van der Waals surface area contributed by atoms with Crippen molar-refractivity contribution in [1.82, 2.24) is 15.5 Å². The number of hydrogen-bond donors (Lipinski definition) is 3. The van der Waals surface area contributed by atoms with Gasteiger partial charge in [0.25, 0.3) is 0 Å². The molecule has 3 unspecified atom stereocenters. The standard InChI is InChI=1S/C38H49N3O7/c1-24-15-16-25(2)29(21-24)32(33(43)39-31(35(45)47-37(3,4)5)23-26-13-11-10-12-14-26)41(9)34(44)30(40-36(46)48-38(6,7)8)22-27-17-19-28(42)20-18-27/h10-21,30-32,42H,22-23H2,1-9H3,(H,39,43)(H,40,46). The molecule has 3 aromatic rings. The normalized spacial score (nSPS) is 13.4. The van der Waals surface area contributed by atoms with Gasteiger partial charge < -0.3 is 30.1 Å². The molecular formula is C38H49N3O7. The van der Waals surface area contributed by atoms with E-state index in [-0.39, 0.29) is 18.6 Å². The van der Waals surface area contributed by atoms with Gasteiger partial charge >= 0.3 is 12.1 Å². The number of aromatic hydroxyl groups is 1. The molecule has 0 aliphatic carbocycles. The Morgan fingerprint density at radius 3 is 1.90 bits per heavy atom. The van der Waals surface area contributed by atoms with Gasteiger partial charge in [-0.05, 0) is 89.8 Å². The Kier molecular flexibility index (Phi) is 12.4. The van der Waals surface area contributed by atoms with Crippen molar-refractivity contribution >= 4 is 23.9 Å². The van der Waals surface area contributed by atoms with Crippen LogP contribution < -0.4 is 10.6 Å². The smallest absolute Gasteiger partial charge is 0.408 e. The number of nitrogens with zero attached hydrogens (tertiary/aromatic N) is 1. The van der Waals surface area contributed by atoms with E-state index in [4.69, 9.17) is 9.47 Å². The van der Waals surface area contributed by atoms with Crippen LogP contribution in [0, 0.1) is 13.8 Å². The minimum absolute atomic E-state index is 0.0539. The number of rotatable bonds is 11. The van der Waals surface area contributed by atoms with E-state index in [1.165, 1.54) is 24.1 Å². The lowest BCUT2D eigenvalue weighted by Gasteiger charge is -2.33. The summed E-state index contributed by atoms with van der Waals surface area (Å²) in [6.07, 6.45) is -0.575. The number of phenols is 1. The molecule has 10 nitrogen and oxygen atoms in total. The first-order valence-corrected chi connectivity index (χ1v) is 16.0. The maximum atomic E-state index is 14.4. The summed E-state index contributed by atoms with van der Waals surface area (Å²) in [5.41, 5.74) is 2.05. The zero-order valence-electron chi connectivity index (χ0n) is 29.4. The van der Waals surface area contributed by atoms with Crippen LogP contribution in [0.25, 0.3) is 0 Å². The molecule has 0 radical (unpaired) electrons. The molecule has 0 aliphatic rings. The second-order valence-corrected chi connectivity index (χ2v) is 14.1. The summed E-state index contributed by atoms with van der Waals surface area (Å²) in [6.45, 7) is 14.1. The summed E-state index contributed by atoms with van der Waals surface area (Å²) < 4.78 is 11.2. The molecule has 0 bridgehead atoms. The molecule has 3 N–H and O–H groups in total. The Morgan fingerprint density at radius 1 is 0.750 bits per heavy atom. The first-order chi connectivity index (χ1) is 22.3. The van der Waals surface area contributed by atoms with E-state index >= 15 is 0 Å². The van der Waals surface area contributed by atoms with Gasteiger partial charge in [-0.15, -0.1) is 0 Å². The van der Waals surface area contributed by atoms with E-state index in [2.05, 4.69) is 10.6 Å². The van der Waals surface area contributed by atoms with Crippen LogP contribution in [0.15, 0.2) is 72.8 Å². The Labute approximate surface area is 283 Å². The number of nitrogens with one attached hydrogen (secondary N) is 2. The van der Waals surface area contributed by atoms with E-state index in [1.54, 1.807) is 53.7 Å². The van der Waals surface area contributed by atoms with Gasteiger partial charge in [0.15, 0.2) is 0 Å². The number of hydrogen-bond acceptors (Lipinski definition) is 7. The Balaban J connectivity index is 2.04. The summed E-state index contributed by atoms with van der Waals surface area (Å²) in [6, 6.07) is 17.8. The number of likely N-dealkylation sites (N-methyl/N-ethyl adjacent to an activating group) is 1. The highest BCUT2D eigenvalue weighted by Crippen LogP contribution is 2.27. The van der Waals surface area contributed by atoms with Gasteiger partial charge in [0, 0.05) is 19.9 Å². The summed E-state index contributed by atoms with van der Waals surface area (Å²) in [4.78, 5) is 56.5. The molecule has 0 heterocycles. The van der Waals surface area contributed by atoms with Crippen LogP contribution in [0.2, 0.25) is 0 Å². The van der Waals surface area contributed by atoms with Crippen LogP contribution in [0.1, 0.15) is 75.4 Å². The molecule has 3 rings (SSSR count). The minimum atomic E-state index is -1.18. The molecule has 3 aromatic carbocycles. The average Bonchev–Trinajstić information content (AvgIpc) is 2.97. The lowest BCUT2D eigenvalue weighted by molar-refractivity contribution is -0.159. The van der Waals surface area contributed by atoms with Crippen molar-refractivity contribution in [3.05, 3.63) is 101 Å². The molecule has 0 fully saturated rings. The summed E-state index contributed by atoms with van der Waals surface area (Å²) >= 11 is 0. The van der Waals surface area contributed by atoms with Crippen LogP contribution >= 0.6 is 0 Å². The topological polar surface area (TPSA) is 134 Å². The Morgan fingerprint density at radius 2 is 1.31 bits per heavy atom. The molecule has 258 valence electrons. The van der Waals surface area contributed by atoms with Crippen LogP contribution in [0.4, 0.5) is 4.79 Å². The highest BCUT2D eigenvalue weighted by molar-refractivity contribution is 5.94. The predicted octanol–water partition coefficient (Wildman–Crippen LogP) is 5.71. The van der Waals surface area contributed by atoms with Gasteiger partial charge in [0.2, 0.25) is 11.8 Å². The molecule has 48 heavy (non-hydrogen) atoms. The highest BCUT2D eigenvalue weighted by atomic mass is 16.6. The number of phenolic OH excluding ortho intramolecular Hbond substituents is 1. The Bertz CT molecular complexity index is 1570. The first-order valence-electron chi connectivity index (χ1n) is 16.0. The van der Waals surface area contributed by atoms with Crippen molar-refractivity contribution in [2.45, 2.75) is 97.6 Å². The van der Waals surface area contributed by atoms with Gasteiger partial charge in [-0.1, -0.05) is 66.2 Å². The number of amides is 3. The van der Waals surface area contributed by atoms with E-state index in [0.29, 0.717) is 11.1 Å². The molecule has 0 saturated carbocycles. The van der Waals surface area contributed by atoms with Crippen LogP contribution in [0.5, 0.6) is 5.75 Å². The number of carbonyl (C=O) groups is 4. The van der Waals surface area contributed by atoms with Gasteiger partial charge in [-0.25, -0.2) is 9.59 Å². The number of esters is 1. The van der Waals surface area contributed by atoms with Crippen molar-refractivity contribution in [2.24, 2.45) is 0 Å². The van der Waals surface area contributed by atoms with Crippen molar-refractivity contribution in [3.63, 3.8) is 0 Å². The molecule has 0 aliphatic heterocycles. The van der Waals surface area contributed by atoms with E-state index in [1.807, 2.05) is 62.4 Å². The number of alkyl carbamates (subject to hydrolysis) is 1. The third-order valence-electron chi connectivity index (χ3n) is 7.37. The molecule has 0 aromatic heterocycles. The van der Waals surface area contributed by atoms with Crippen molar-refractivity contribution in [2.75, 3.05) is 7.05 Å². The van der Waals surface area contributed by atoms with Crippen molar-refractivity contribution < 1.29 is 33.8 Å². The second kappa shape index (κ2) is 15.8. The summed E-state index contributed by atoms with van der Waals surface area (Å²) in [7, 11) is 1.49. The number of benzene rings is 3. The molecule has 10 heteroatoms. The molecule has 0 saturated heterocycles. The van der Waals surface area contributed by atoms with Gasteiger partial charge in [0.1, 0.15) is 35.1 Å². The molecular weight excluding hydrogens is 610 g/mol. The van der Waals surface area contributed by atoms with Crippen LogP contribution in [-0.4, -0.2) is 64.2 Å². The highest BCUT2D eigenvalue weighted by Gasteiger charge is 2.37. The van der Waals surface area contributed by atoms with Crippen molar-refractivity contribution in [1.29, 1.82) is 0 Å². The van der Waals surface area contributed by atoms with E-state index in [0.717, 1.165) is 16.7 Å². The fraction of sp³-hybridized carbons (Fsp3) is 0.421. The lowest BCUT2D eigenvalue weighted by atomic mass is 9.95. The first kappa shape index (κ1) is 37.6. The molecule has 3 amide bonds. The number of ether oxygens (including phenoxy) is 2. The summed E-state index contributed by atoms with van der Waals surface area (Å²) in [5, 5.41) is 15.4. The molecule has 3 atom stereocenters. The quantitative estimate of drug-likeness (QED) is 0.225. The Hall–Kier alpha value is -4.86. The van der Waals surface area contributed by atoms with Crippen molar-refractivity contribution in [3.8, 4) is 5.75 Å². The van der Waals surface area contributed by atoms with Gasteiger partial charge in [-0.2, -0.15) is 0 Å². The maximum Gasteiger partial charge on any atom is 0.408 e.